The van der Waals surface area contributed by atoms with Crippen LogP contribution in [0.3, 0.4) is 0 Å². The zero-order valence-corrected chi connectivity index (χ0v) is 28.3. The van der Waals surface area contributed by atoms with E-state index in [1.807, 2.05) is 0 Å². The molecule has 8 heteroatoms. The molecular formula is C40H32N2O4S2. The summed E-state index contributed by atoms with van der Waals surface area (Å²) in [6.07, 6.45) is 0. The summed E-state index contributed by atoms with van der Waals surface area (Å²) in [5.74, 6) is 3.22. The molecule has 48 heavy (non-hydrogen) atoms. The molecule has 10 rings (SSSR count). The Morgan fingerprint density at radius 2 is 0.833 bits per heavy atom. The highest BCUT2D eigenvalue weighted by atomic mass is 32.1. The number of para-hydroxylation sites is 2. The summed E-state index contributed by atoms with van der Waals surface area (Å²) in [7, 11) is 0. The van der Waals surface area contributed by atoms with Gasteiger partial charge < -0.3 is 28.1 Å². The van der Waals surface area contributed by atoms with Gasteiger partial charge in [0, 0.05) is 56.7 Å². The van der Waals surface area contributed by atoms with Crippen molar-refractivity contribution in [3.05, 3.63) is 84.9 Å². The second-order valence-corrected chi connectivity index (χ2v) is 14.3. The second-order valence-electron chi connectivity index (χ2n) is 12.2. The molecule has 2 aliphatic heterocycles. The first-order valence-electron chi connectivity index (χ1n) is 16.6. The van der Waals surface area contributed by atoms with Gasteiger partial charge in [-0.25, -0.2) is 0 Å². The van der Waals surface area contributed by atoms with Gasteiger partial charge in [-0.3, -0.25) is 0 Å². The number of aromatic nitrogens is 2. The lowest BCUT2D eigenvalue weighted by atomic mass is 10.1. The highest BCUT2D eigenvalue weighted by Crippen LogP contribution is 2.61. The van der Waals surface area contributed by atoms with E-state index in [2.05, 4.69) is 108 Å². The van der Waals surface area contributed by atoms with Crippen LogP contribution in [-0.2, 0) is 13.1 Å². The standard InChI is InChI=1S/C40H32N2O4S2/c1-3-41-29-11-7-5-9-25(29)27-21-23(13-15-31(27)41)37-33-35(45-19-17-43-33)39(47-37)40-36-34(44-18-20-46-36)38(48-40)24-14-16-32-28(22-24)26-10-6-8-12-30(26)42(32)4-2/h5-16,21-22H,3-4,17-20H2,1-2H3. The molecule has 6 nitrogen and oxygen atoms in total. The first kappa shape index (κ1) is 28.1. The average Bonchev–Trinajstić information content (AvgIpc) is 3.89. The minimum atomic E-state index is 0.509. The van der Waals surface area contributed by atoms with Crippen molar-refractivity contribution < 1.29 is 18.9 Å². The van der Waals surface area contributed by atoms with Gasteiger partial charge in [-0.15, -0.1) is 22.7 Å². The van der Waals surface area contributed by atoms with Crippen molar-refractivity contribution in [2.24, 2.45) is 0 Å². The number of nitrogens with zero attached hydrogens (tertiary/aromatic N) is 2. The van der Waals surface area contributed by atoms with Crippen molar-refractivity contribution in [2.75, 3.05) is 26.4 Å². The van der Waals surface area contributed by atoms with Gasteiger partial charge in [-0.1, -0.05) is 48.5 Å². The molecule has 0 aliphatic carbocycles. The molecule has 2 aliphatic rings. The summed E-state index contributed by atoms with van der Waals surface area (Å²) in [6, 6.07) is 30.9. The summed E-state index contributed by atoms with van der Waals surface area (Å²) < 4.78 is 30.4. The summed E-state index contributed by atoms with van der Waals surface area (Å²) in [4.78, 5) is 4.20. The third-order valence-corrected chi connectivity index (χ3v) is 12.3. The summed E-state index contributed by atoms with van der Waals surface area (Å²) in [5, 5.41) is 5.02. The highest BCUT2D eigenvalue weighted by Gasteiger charge is 2.33. The Kier molecular flexibility index (Phi) is 6.33. The van der Waals surface area contributed by atoms with Gasteiger partial charge in [0.15, 0.2) is 23.0 Å². The zero-order chi connectivity index (χ0) is 31.9. The van der Waals surface area contributed by atoms with Crippen LogP contribution >= 0.6 is 22.7 Å². The van der Waals surface area contributed by atoms with Crippen LogP contribution in [0.15, 0.2) is 84.9 Å². The fourth-order valence-electron chi connectivity index (χ4n) is 7.65. The second kappa shape index (κ2) is 10.8. The molecule has 0 radical (unpaired) electrons. The molecule has 0 N–H and O–H groups in total. The smallest absolute Gasteiger partial charge is 0.181 e. The lowest BCUT2D eigenvalue weighted by Gasteiger charge is -2.19. The quantitative estimate of drug-likeness (QED) is 0.183. The fourth-order valence-corrected chi connectivity index (χ4v) is 10.1. The van der Waals surface area contributed by atoms with Gasteiger partial charge in [0.2, 0.25) is 0 Å². The maximum Gasteiger partial charge on any atom is 0.181 e. The molecule has 0 spiro atoms. The molecule has 0 fully saturated rings. The number of fused-ring (bicyclic) bond motifs is 8. The van der Waals surface area contributed by atoms with Crippen LogP contribution in [0.5, 0.6) is 23.0 Å². The maximum atomic E-state index is 6.41. The summed E-state index contributed by atoms with van der Waals surface area (Å²) in [5.41, 5.74) is 7.25. The molecule has 0 saturated carbocycles. The normalized spacial score (nSPS) is 14.1. The van der Waals surface area contributed by atoms with Gasteiger partial charge in [0.25, 0.3) is 0 Å². The van der Waals surface area contributed by atoms with Crippen LogP contribution in [0.4, 0.5) is 0 Å². The number of rotatable bonds is 5. The average molecular weight is 669 g/mol. The third kappa shape index (κ3) is 3.96. The first-order chi connectivity index (χ1) is 23.7. The molecule has 0 amide bonds. The molecule has 8 aromatic rings. The summed E-state index contributed by atoms with van der Waals surface area (Å²) >= 11 is 3.43. The highest BCUT2D eigenvalue weighted by molar-refractivity contribution is 7.26. The van der Waals surface area contributed by atoms with Crippen molar-refractivity contribution >= 4 is 66.3 Å². The first-order valence-corrected chi connectivity index (χ1v) is 18.2. The van der Waals surface area contributed by atoms with Crippen molar-refractivity contribution in [3.8, 4) is 53.6 Å². The van der Waals surface area contributed by atoms with E-state index in [1.165, 1.54) is 43.6 Å². The molecule has 0 saturated heterocycles. The van der Waals surface area contributed by atoms with Gasteiger partial charge >= 0.3 is 0 Å². The van der Waals surface area contributed by atoms with Crippen molar-refractivity contribution in [3.63, 3.8) is 0 Å². The van der Waals surface area contributed by atoms with Gasteiger partial charge in [0.1, 0.15) is 26.4 Å². The third-order valence-electron chi connectivity index (χ3n) is 9.71. The van der Waals surface area contributed by atoms with Crippen LogP contribution in [-0.4, -0.2) is 35.6 Å². The van der Waals surface area contributed by atoms with Crippen LogP contribution in [0.2, 0.25) is 0 Å². The number of aryl methyl sites for hydroxylation is 2. The van der Waals surface area contributed by atoms with Crippen LogP contribution in [0, 0.1) is 0 Å². The van der Waals surface area contributed by atoms with E-state index in [0.29, 0.717) is 26.4 Å². The Balaban J connectivity index is 1.15. The topological polar surface area (TPSA) is 46.8 Å². The minimum absolute atomic E-state index is 0.509. The van der Waals surface area contributed by atoms with Crippen molar-refractivity contribution in [1.82, 2.24) is 9.13 Å². The van der Waals surface area contributed by atoms with E-state index in [1.54, 1.807) is 22.7 Å². The fraction of sp³-hybridized carbons (Fsp3) is 0.200. The lowest BCUT2D eigenvalue weighted by Crippen LogP contribution is -2.15. The van der Waals surface area contributed by atoms with Crippen molar-refractivity contribution in [1.29, 1.82) is 0 Å². The zero-order valence-electron chi connectivity index (χ0n) is 26.7. The number of hydrogen-bond donors (Lipinski definition) is 0. The van der Waals surface area contributed by atoms with Crippen molar-refractivity contribution in [2.45, 2.75) is 26.9 Å². The molecule has 6 heterocycles. The van der Waals surface area contributed by atoms with Crippen LogP contribution < -0.4 is 18.9 Å². The van der Waals surface area contributed by atoms with E-state index in [-0.39, 0.29) is 0 Å². The van der Waals surface area contributed by atoms with Gasteiger partial charge in [-0.2, -0.15) is 0 Å². The van der Waals surface area contributed by atoms with E-state index < -0.39 is 0 Å². The Morgan fingerprint density at radius 1 is 0.458 bits per heavy atom. The van der Waals surface area contributed by atoms with Gasteiger partial charge in [-0.05, 0) is 61.4 Å². The Bertz CT molecular complexity index is 2390. The van der Waals surface area contributed by atoms with Gasteiger partial charge in [0.05, 0.1) is 19.5 Å². The van der Waals surface area contributed by atoms with E-state index >= 15 is 0 Å². The van der Waals surface area contributed by atoms with E-state index in [0.717, 1.165) is 66.7 Å². The Morgan fingerprint density at radius 3 is 1.25 bits per heavy atom. The summed E-state index contributed by atoms with van der Waals surface area (Å²) in [6.45, 7) is 8.30. The number of ether oxygens (including phenoxy) is 4. The monoisotopic (exact) mass is 668 g/mol. The lowest BCUT2D eigenvalue weighted by molar-refractivity contribution is 0.172. The van der Waals surface area contributed by atoms with E-state index in [9.17, 15) is 0 Å². The molecular weight excluding hydrogens is 637 g/mol. The number of benzene rings is 4. The van der Waals surface area contributed by atoms with Crippen LogP contribution in [0.25, 0.3) is 74.2 Å². The molecule has 0 atom stereocenters. The Hall–Kier alpha value is -4.92. The predicted molar refractivity (Wildman–Crippen MR) is 198 cm³/mol. The minimum Gasteiger partial charge on any atom is -0.485 e. The SMILES string of the molecule is CCn1c2ccccc2c2cc(-c3sc(-c4sc(-c5ccc6c(c5)c5ccccc5n6CC)c5c4OCCO5)c4c3OCCO4)ccc21. The number of thiophene rings is 2. The Labute approximate surface area is 285 Å². The molecule has 4 aromatic heterocycles. The largest absolute Gasteiger partial charge is 0.485 e. The maximum absolute atomic E-state index is 6.41. The van der Waals surface area contributed by atoms with Crippen LogP contribution in [0.1, 0.15) is 13.8 Å². The molecule has 238 valence electrons. The molecule has 4 aromatic carbocycles. The number of hydrogen-bond acceptors (Lipinski definition) is 6. The molecule has 0 bridgehead atoms. The molecule has 0 unspecified atom stereocenters. The predicted octanol–water partition coefficient (Wildman–Crippen LogP) is 10.6. The van der Waals surface area contributed by atoms with E-state index in [4.69, 9.17) is 18.9 Å².